The van der Waals surface area contributed by atoms with E-state index in [9.17, 15) is 4.79 Å². The highest BCUT2D eigenvalue weighted by atomic mass is 16.5. The molecule has 2 aliphatic rings. The zero-order valence-corrected chi connectivity index (χ0v) is 17.2. The van der Waals surface area contributed by atoms with Crippen molar-refractivity contribution in [3.8, 4) is 5.75 Å². The molecule has 0 saturated heterocycles. The highest BCUT2D eigenvalue weighted by Gasteiger charge is 2.73. The van der Waals surface area contributed by atoms with Crippen molar-refractivity contribution < 1.29 is 9.53 Å². The van der Waals surface area contributed by atoms with Crippen LogP contribution in [0.4, 0.5) is 5.69 Å². The Kier molecular flexibility index (Phi) is 3.61. The SMILES string of the molecule is COc1ccc(NC(=O)[C@]23CC[C@](C)(c4nc5ccccc5nc42)C3(C)C)cc1. The van der Waals surface area contributed by atoms with Gasteiger partial charge in [0.1, 0.15) is 5.75 Å². The van der Waals surface area contributed by atoms with E-state index in [4.69, 9.17) is 14.7 Å². The van der Waals surface area contributed by atoms with Gasteiger partial charge in [-0.05, 0) is 54.7 Å². The first-order valence-corrected chi connectivity index (χ1v) is 10.1. The molecule has 5 rings (SSSR count). The quantitative estimate of drug-likeness (QED) is 0.713. The van der Waals surface area contributed by atoms with E-state index in [1.165, 1.54) is 0 Å². The molecule has 1 amide bonds. The minimum atomic E-state index is -0.700. The Bertz CT molecular complexity index is 1140. The molecule has 5 heteroatoms. The standard InChI is InChI=1S/C24H25N3O2/c1-22(2)23(3)13-14-24(22,21(28)25-15-9-11-16(29-4)12-10-15)20-19(23)26-17-7-5-6-8-18(17)27-20/h5-12H,13-14H2,1-4H3,(H,25,28)/t23-,24+/m1/s1. The van der Waals surface area contributed by atoms with Gasteiger partial charge in [-0.3, -0.25) is 4.79 Å². The predicted octanol–water partition coefficient (Wildman–Crippen LogP) is 4.61. The van der Waals surface area contributed by atoms with Crippen LogP contribution in [-0.2, 0) is 15.6 Å². The molecule has 0 unspecified atom stereocenters. The summed E-state index contributed by atoms with van der Waals surface area (Å²) in [5.41, 5.74) is 3.15. The molecule has 2 aromatic carbocycles. The van der Waals surface area contributed by atoms with E-state index in [1.54, 1.807) is 7.11 Å². The number of nitrogens with one attached hydrogen (secondary N) is 1. The summed E-state index contributed by atoms with van der Waals surface area (Å²) in [7, 11) is 1.63. The number of hydrogen-bond acceptors (Lipinski definition) is 4. The number of carbonyl (C=O) groups is 1. The molecule has 1 N–H and O–H groups in total. The van der Waals surface area contributed by atoms with Crippen molar-refractivity contribution in [2.45, 2.75) is 44.4 Å². The molecule has 2 atom stereocenters. The van der Waals surface area contributed by atoms with Gasteiger partial charge in [0.15, 0.2) is 0 Å². The van der Waals surface area contributed by atoms with Crippen LogP contribution >= 0.6 is 0 Å². The largest absolute Gasteiger partial charge is 0.497 e. The van der Waals surface area contributed by atoms with Gasteiger partial charge in [0.05, 0.1) is 34.9 Å². The Balaban J connectivity index is 1.65. The van der Waals surface area contributed by atoms with E-state index in [1.807, 2.05) is 48.5 Å². The van der Waals surface area contributed by atoms with Crippen molar-refractivity contribution >= 4 is 22.6 Å². The maximum Gasteiger partial charge on any atom is 0.237 e. The molecule has 29 heavy (non-hydrogen) atoms. The fraction of sp³-hybridized carbons (Fsp3) is 0.375. The summed E-state index contributed by atoms with van der Waals surface area (Å²) in [4.78, 5) is 23.8. The molecule has 3 aromatic rings. The zero-order valence-electron chi connectivity index (χ0n) is 17.2. The summed E-state index contributed by atoms with van der Waals surface area (Å²) in [6.45, 7) is 6.63. The van der Waals surface area contributed by atoms with Crippen molar-refractivity contribution in [3.63, 3.8) is 0 Å². The Morgan fingerprint density at radius 3 is 2.17 bits per heavy atom. The first-order chi connectivity index (χ1) is 13.8. The van der Waals surface area contributed by atoms with E-state index in [2.05, 4.69) is 26.1 Å². The molecule has 2 bridgehead atoms. The fourth-order valence-electron chi connectivity index (χ4n) is 5.46. The molecule has 1 heterocycles. The van der Waals surface area contributed by atoms with Crippen molar-refractivity contribution in [1.82, 2.24) is 9.97 Å². The Morgan fingerprint density at radius 1 is 0.931 bits per heavy atom. The maximum atomic E-state index is 13.8. The first-order valence-electron chi connectivity index (χ1n) is 10.1. The number of ether oxygens (including phenoxy) is 1. The second kappa shape index (κ2) is 5.78. The molecule has 1 aromatic heterocycles. The normalized spacial score (nSPS) is 26.3. The Hall–Kier alpha value is -2.95. The summed E-state index contributed by atoms with van der Waals surface area (Å²) in [6.07, 6.45) is 1.70. The number of amides is 1. The van der Waals surface area contributed by atoms with Gasteiger partial charge in [0.25, 0.3) is 0 Å². The number of benzene rings is 2. The van der Waals surface area contributed by atoms with Gasteiger partial charge in [0, 0.05) is 11.1 Å². The van der Waals surface area contributed by atoms with Crippen LogP contribution in [0.15, 0.2) is 48.5 Å². The number of aromatic nitrogens is 2. The van der Waals surface area contributed by atoms with Gasteiger partial charge in [-0.1, -0.05) is 32.9 Å². The topological polar surface area (TPSA) is 64.1 Å². The van der Waals surface area contributed by atoms with Crippen molar-refractivity contribution in [1.29, 1.82) is 0 Å². The molecule has 2 aliphatic carbocycles. The number of rotatable bonds is 3. The third-order valence-electron chi connectivity index (χ3n) is 7.68. The third-order valence-corrected chi connectivity index (χ3v) is 7.68. The number of para-hydroxylation sites is 2. The highest BCUT2D eigenvalue weighted by Crippen LogP contribution is 2.70. The van der Waals surface area contributed by atoms with E-state index in [0.29, 0.717) is 0 Å². The molecule has 0 spiro atoms. The first kappa shape index (κ1) is 18.1. The maximum absolute atomic E-state index is 13.8. The minimum absolute atomic E-state index is 0.000257. The Labute approximate surface area is 170 Å². The van der Waals surface area contributed by atoms with Gasteiger partial charge in [0.2, 0.25) is 5.91 Å². The van der Waals surface area contributed by atoms with E-state index >= 15 is 0 Å². The van der Waals surface area contributed by atoms with E-state index in [-0.39, 0.29) is 16.7 Å². The smallest absolute Gasteiger partial charge is 0.237 e. The Morgan fingerprint density at radius 2 is 1.55 bits per heavy atom. The molecular formula is C24H25N3O2. The van der Waals surface area contributed by atoms with Gasteiger partial charge in [-0.15, -0.1) is 0 Å². The van der Waals surface area contributed by atoms with Gasteiger partial charge in [-0.2, -0.15) is 0 Å². The second-order valence-corrected chi connectivity index (χ2v) is 8.95. The molecule has 5 nitrogen and oxygen atoms in total. The van der Waals surface area contributed by atoms with Crippen LogP contribution in [0.3, 0.4) is 0 Å². The highest BCUT2D eigenvalue weighted by molar-refractivity contribution is 6.02. The summed E-state index contributed by atoms with van der Waals surface area (Å²) in [5, 5.41) is 3.15. The molecule has 1 fully saturated rings. The fourth-order valence-corrected chi connectivity index (χ4v) is 5.46. The molecular weight excluding hydrogens is 362 g/mol. The van der Waals surface area contributed by atoms with Crippen LogP contribution in [0.2, 0.25) is 0 Å². The average molecular weight is 387 g/mol. The number of carbonyl (C=O) groups excluding carboxylic acids is 1. The number of hydrogen-bond donors (Lipinski definition) is 1. The number of anilines is 1. The summed E-state index contributed by atoms with van der Waals surface area (Å²) in [6, 6.07) is 15.4. The minimum Gasteiger partial charge on any atom is -0.497 e. The van der Waals surface area contributed by atoms with Gasteiger partial charge >= 0.3 is 0 Å². The van der Waals surface area contributed by atoms with Gasteiger partial charge < -0.3 is 10.1 Å². The van der Waals surface area contributed by atoms with Crippen LogP contribution in [0.25, 0.3) is 11.0 Å². The van der Waals surface area contributed by atoms with Crippen LogP contribution in [0.1, 0.15) is 45.0 Å². The van der Waals surface area contributed by atoms with E-state index < -0.39 is 5.41 Å². The van der Waals surface area contributed by atoms with Crippen LogP contribution in [0, 0.1) is 5.41 Å². The second-order valence-electron chi connectivity index (χ2n) is 8.95. The summed E-state index contributed by atoms with van der Waals surface area (Å²) < 4.78 is 5.22. The molecule has 148 valence electrons. The molecule has 0 aliphatic heterocycles. The summed E-state index contributed by atoms with van der Waals surface area (Å²) in [5.74, 6) is 0.762. The van der Waals surface area contributed by atoms with Crippen LogP contribution in [0.5, 0.6) is 5.75 Å². The van der Waals surface area contributed by atoms with Gasteiger partial charge in [-0.25, -0.2) is 9.97 Å². The van der Waals surface area contributed by atoms with E-state index in [0.717, 1.165) is 46.7 Å². The third kappa shape index (κ3) is 2.13. The number of methoxy groups -OCH3 is 1. The lowest BCUT2D eigenvalue weighted by atomic mass is 9.63. The lowest BCUT2D eigenvalue weighted by molar-refractivity contribution is -0.125. The van der Waals surface area contributed by atoms with Crippen LogP contribution in [-0.4, -0.2) is 23.0 Å². The molecule has 1 saturated carbocycles. The lowest BCUT2D eigenvalue weighted by Gasteiger charge is -2.39. The lowest BCUT2D eigenvalue weighted by Crippen LogP contribution is -2.48. The molecule has 0 radical (unpaired) electrons. The predicted molar refractivity (Wildman–Crippen MR) is 113 cm³/mol. The number of fused-ring (bicyclic) bond motifs is 6. The van der Waals surface area contributed by atoms with Crippen molar-refractivity contribution in [2.75, 3.05) is 12.4 Å². The van der Waals surface area contributed by atoms with Crippen LogP contribution < -0.4 is 10.1 Å². The van der Waals surface area contributed by atoms with Crippen molar-refractivity contribution in [3.05, 3.63) is 59.9 Å². The number of nitrogens with zero attached hydrogens (tertiary/aromatic N) is 2. The van der Waals surface area contributed by atoms with Crippen molar-refractivity contribution in [2.24, 2.45) is 5.41 Å². The average Bonchev–Trinajstić information content (AvgIpc) is 3.02. The monoisotopic (exact) mass is 387 g/mol. The zero-order chi connectivity index (χ0) is 20.4. The summed E-state index contributed by atoms with van der Waals surface area (Å²) >= 11 is 0.